The Morgan fingerprint density at radius 1 is 1.25 bits per heavy atom. The maximum absolute atomic E-state index is 13.0. The first-order valence-corrected chi connectivity index (χ1v) is 10.4. The van der Waals surface area contributed by atoms with Crippen molar-refractivity contribution in [2.24, 2.45) is 0 Å². The average molecular weight is 431 g/mol. The predicted molar refractivity (Wildman–Crippen MR) is 107 cm³/mol. The molecule has 8 heteroatoms. The molecule has 1 saturated heterocycles. The lowest BCUT2D eigenvalue weighted by atomic mass is 10.1. The van der Waals surface area contributed by atoms with Gasteiger partial charge < -0.3 is 10.2 Å². The van der Waals surface area contributed by atoms with Crippen molar-refractivity contribution in [1.29, 1.82) is 0 Å². The second-order valence-electron chi connectivity index (χ2n) is 6.97. The monoisotopic (exact) mass is 430 g/mol. The predicted octanol–water partition coefficient (Wildman–Crippen LogP) is 5.61. The summed E-state index contributed by atoms with van der Waals surface area (Å²) in [5, 5.41) is 3.14. The van der Waals surface area contributed by atoms with E-state index in [0.29, 0.717) is 16.3 Å². The van der Waals surface area contributed by atoms with Crippen molar-refractivity contribution < 1.29 is 18.0 Å². The zero-order chi connectivity index (χ0) is 20.3. The van der Waals surface area contributed by atoms with Gasteiger partial charge in [-0.1, -0.05) is 11.6 Å². The summed E-state index contributed by atoms with van der Waals surface area (Å²) in [5.74, 6) is -0.196. The molecule has 0 aliphatic carbocycles. The van der Waals surface area contributed by atoms with Gasteiger partial charge in [0, 0.05) is 22.0 Å². The van der Waals surface area contributed by atoms with Crippen molar-refractivity contribution in [3.8, 4) is 10.4 Å². The second kappa shape index (κ2) is 8.84. The number of rotatable bonds is 6. The van der Waals surface area contributed by atoms with Gasteiger partial charge >= 0.3 is 6.18 Å². The molecule has 1 aliphatic heterocycles. The Bertz CT molecular complexity index is 844. The van der Waals surface area contributed by atoms with E-state index in [4.69, 9.17) is 11.6 Å². The van der Waals surface area contributed by atoms with E-state index in [1.165, 1.54) is 18.9 Å². The minimum absolute atomic E-state index is 0.196. The van der Waals surface area contributed by atoms with E-state index in [-0.39, 0.29) is 16.5 Å². The van der Waals surface area contributed by atoms with Crippen molar-refractivity contribution in [3.63, 3.8) is 0 Å². The number of amides is 1. The van der Waals surface area contributed by atoms with Crippen LogP contribution >= 0.6 is 22.9 Å². The second-order valence-corrected chi connectivity index (χ2v) is 8.43. The van der Waals surface area contributed by atoms with Crippen LogP contribution in [0.15, 0.2) is 24.3 Å². The molecule has 3 nitrogen and oxygen atoms in total. The van der Waals surface area contributed by atoms with Crippen molar-refractivity contribution in [2.75, 3.05) is 26.2 Å². The van der Waals surface area contributed by atoms with Crippen LogP contribution in [0.3, 0.4) is 0 Å². The number of benzene rings is 1. The number of hydrogen-bond acceptors (Lipinski definition) is 3. The van der Waals surface area contributed by atoms with Gasteiger partial charge in [0.1, 0.15) is 0 Å². The summed E-state index contributed by atoms with van der Waals surface area (Å²) in [6, 6.07) is 4.95. The van der Waals surface area contributed by atoms with Gasteiger partial charge in [0.2, 0.25) is 0 Å². The highest BCUT2D eigenvalue weighted by Gasteiger charge is 2.31. The van der Waals surface area contributed by atoms with Crippen LogP contribution in [0.2, 0.25) is 5.02 Å². The number of aryl methyl sites for hydroxylation is 1. The first-order valence-electron chi connectivity index (χ1n) is 9.24. The number of carbonyl (C=O) groups is 1. The molecular formula is C20H22ClF3N2OS. The first kappa shape index (κ1) is 21.1. The maximum atomic E-state index is 13.0. The Balaban J connectivity index is 1.68. The third-order valence-electron chi connectivity index (χ3n) is 4.82. The van der Waals surface area contributed by atoms with Gasteiger partial charge in [0.15, 0.2) is 0 Å². The topological polar surface area (TPSA) is 32.3 Å². The lowest BCUT2D eigenvalue weighted by Gasteiger charge is -2.14. The summed E-state index contributed by atoms with van der Waals surface area (Å²) in [6.07, 6.45) is -1.09. The van der Waals surface area contributed by atoms with Crippen molar-refractivity contribution in [3.05, 3.63) is 45.3 Å². The molecule has 0 atom stereocenters. The van der Waals surface area contributed by atoms with Gasteiger partial charge in [0.05, 0.1) is 10.4 Å². The Kier molecular flexibility index (Phi) is 6.68. The lowest BCUT2D eigenvalue weighted by Crippen LogP contribution is -2.28. The van der Waals surface area contributed by atoms with E-state index in [2.05, 4.69) is 10.2 Å². The summed E-state index contributed by atoms with van der Waals surface area (Å²) in [7, 11) is 0. The number of nitrogens with one attached hydrogen (secondary N) is 1. The molecule has 0 spiro atoms. The highest BCUT2D eigenvalue weighted by molar-refractivity contribution is 7.17. The molecule has 0 saturated carbocycles. The molecule has 1 fully saturated rings. The average Bonchev–Trinajstić information content (AvgIpc) is 3.27. The maximum Gasteiger partial charge on any atom is 0.416 e. The van der Waals surface area contributed by atoms with Crippen LogP contribution in [0.5, 0.6) is 0 Å². The molecule has 3 rings (SSSR count). The normalized spacial score (nSPS) is 15.2. The Labute approximate surface area is 171 Å². The number of likely N-dealkylation sites (tertiary alicyclic amines) is 1. The minimum Gasteiger partial charge on any atom is -0.351 e. The van der Waals surface area contributed by atoms with E-state index >= 15 is 0 Å². The van der Waals surface area contributed by atoms with Crippen LogP contribution in [0, 0.1) is 6.92 Å². The van der Waals surface area contributed by atoms with Crippen molar-refractivity contribution in [1.82, 2.24) is 10.2 Å². The van der Waals surface area contributed by atoms with E-state index in [1.54, 1.807) is 13.0 Å². The third-order valence-corrected chi connectivity index (χ3v) is 6.42. The molecule has 0 unspecified atom stereocenters. The number of alkyl halides is 3. The summed E-state index contributed by atoms with van der Waals surface area (Å²) in [4.78, 5) is 15.9. The highest BCUT2D eigenvalue weighted by Crippen LogP contribution is 2.39. The van der Waals surface area contributed by atoms with Crippen LogP contribution in [-0.4, -0.2) is 37.0 Å². The van der Waals surface area contributed by atoms with Crippen LogP contribution in [0.1, 0.15) is 40.1 Å². The molecule has 1 amide bonds. The molecule has 0 radical (unpaired) electrons. The molecule has 152 valence electrons. The van der Waals surface area contributed by atoms with Crippen LogP contribution in [0.4, 0.5) is 13.2 Å². The number of halogens is 4. The van der Waals surface area contributed by atoms with Crippen molar-refractivity contribution in [2.45, 2.75) is 32.4 Å². The number of hydrogen-bond donors (Lipinski definition) is 1. The highest BCUT2D eigenvalue weighted by atomic mass is 35.5. The fourth-order valence-electron chi connectivity index (χ4n) is 3.32. The summed E-state index contributed by atoms with van der Waals surface area (Å²) < 4.78 is 39.0. The van der Waals surface area contributed by atoms with Crippen LogP contribution < -0.4 is 5.32 Å². The Hall–Kier alpha value is -1.57. The lowest BCUT2D eigenvalue weighted by molar-refractivity contribution is -0.137. The number of thiophene rings is 1. The minimum atomic E-state index is -4.44. The van der Waals surface area contributed by atoms with Crippen LogP contribution in [-0.2, 0) is 6.18 Å². The summed E-state index contributed by atoms with van der Waals surface area (Å²) in [5.41, 5.74) is 0.258. The largest absolute Gasteiger partial charge is 0.416 e. The molecule has 1 aromatic carbocycles. The van der Waals surface area contributed by atoms with Gasteiger partial charge in [-0.15, -0.1) is 11.3 Å². The van der Waals surface area contributed by atoms with Gasteiger partial charge in [-0.25, -0.2) is 0 Å². The van der Waals surface area contributed by atoms with Gasteiger partial charge in [-0.2, -0.15) is 13.2 Å². The molecule has 0 bridgehead atoms. The Morgan fingerprint density at radius 3 is 2.64 bits per heavy atom. The SMILES string of the molecule is Cc1cc(-c2cc(C(F)(F)F)ccc2Cl)sc1C(=O)NCCCN1CCCC1. The van der Waals surface area contributed by atoms with E-state index < -0.39 is 11.7 Å². The summed E-state index contributed by atoms with van der Waals surface area (Å²) in [6.45, 7) is 5.57. The molecular weight excluding hydrogens is 409 g/mol. The molecule has 2 aromatic rings. The fraction of sp³-hybridized carbons (Fsp3) is 0.450. The van der Waals surface area contributed by atoms with E-state index in [9.17, 15) is 18.0 Å². The molecule has 1 aromatic heterocycles. The molecule has 28 heavy (non-hydrogen) atoms. The standard InChI is InChI=1S/C20H22ClF3N2OS/c1-13-11-17(15-12-14(20(22,23)24)5-6-16(15)21)28-18(13)19(27)25-7-4-10-26-8-2-3-9-26/h5-6,11-12H,2-4,7-10H2,1H3,(H,25,27). The third kappa shape index (κ3) is 5.07. The smallest absolute Gasteiger partial charge is 0.351 e. The number of carbonyl (C=O) groups excluding carboxylic acids is 1. The van der Waals surface area contributed by atoms with E-state index in [0.717, 1.165) is 55.1 Å². The molecule has 1 aliphatic rings. The molecule has 1 N–H and O–H groups in total. The quantitative estimate of drug-likeness (QED) is 0.604. The zero-order valence-corrected chi connectivity index (χ0v) is 17.1. The first-order chi connectivity index (χ1) is 13.3. The summed E-state index contributed by atoms with van der Waals surface area (Å²) >= 11 is 7.28. The van der Waals surface area contributed by atoms with Gasteiger partial charge in [-0.05, 0) is 75.6 Å². The van der Waals surface area contributed by atoms with Gasteiger partial charge in [-0.3, -0.25) is 4.79 Å². The molecule has 2 heterocycles. The fourth-order valence-corrected chi connectivity index (χ4v) is 4.72. The van der Waals surface area contributed by atoms with Crippen molar-refractivity contribution >= 4 is 28.8 Å². The Morgan fingerprint density at radius 2 is 1.96 bits per heavy atom. The van der Waals surface area contributed by atoms with Crippen LogP contribution in [0.25, 0.3) is 10.4 Å². The van der Waals surface area contributed by atoms with E-state index in [1.807, 2.05) is 0 Å². The number of nitrogens with zero attached hydrogens (tertiary/aromatic N) is 1. The zero-order valence-electron chi connectivity index (χ0n) is 15.5. The van der Waals surface area contributed by atoms with Gasteiger partial charge in [0.25, 0.3) is 5.91 Å².